The van der Waals surface area contributed by atoms with Crippen molar-refractivity contribution in [2.75, 3.05) is 0 Å². The molecule has 12 nitrogen and oxygen atoms in total. The lowest BCUT2D eigenvalue weighted by atomic mass is 10.2. The van der Waals surface area contributed by atoms with Gasteiger partial charge in [-0.05, 0) is 53.1 Å². The summed E-state index contributed by atoms with van der Waals surface area (Å²) in [6.07, 6.45) is 5.61. The molecule has 0 saturated carbocycles. The molecule has 0 fully saturated rings. The molecule has 0 radical (unpaired) electrons. The summed E-state index contributed by atoms with van der Waals surface area (Å²) < 4.78 is 26.9. The minimum atomic E-state index is 0.206. The molecular formula is C36H30Br3N9O3. The van der Waals surface area contributed by atoms with Crippen molar-refractivity contribution in [3.8, 4) is 17.2 Å². The van der Waals surface area contributed by atoms with Gasteiger partial charge in [0.15, 0.2) is 0 Å². The number of nitrogens with zero attached hydrogens (tertiary/aromatic N) is 9. The second-order valence-electron chi connectivity index (χ2n) is 11.6. The molecule has 0 aliphatic rings. The molecule has 0 aliphatic heterocycles. The maximum atomic E-state index is 6.16. The molecule has 0 bridgehead atoms. The topological polar surface area (TPSA) is 120 Å². The number of benzene rings is 4. The van der Waals surface area contributed by atoms with E-state index >= 15 is 0 Å². The summed E-state index contributed by atoms with van der Waals surface area (Å²) in [5.41, 5.74) is 5.40. The Labute approximate surface area is 318 Å². The molecule has 0 amide bonds. The number of aromatic nitrogens is 9. The van der Waals surface area contributed by atoms with Crippen molar-refractivity contribution < 1.29 is 14.2 Å². The predicted molar refractivity (Wildman–Crippen MR) is 199 cm³/mol. The minimum absolute atomic E-state index is 0.206. The number of hydrogen-bond donors (Lipinski definition) is 0. The van der Waals surface area contributed by atoms with Gasteiger partial charge in [-0.15, -0.1) is 15.3 Å². The van der Waals surface area contributed by atoms with Gasteiger partial charge in [-0.3, -0.25) is 0 Å². The lowest BCUT2D eigenvalue weighted by Crippen LogP contribution is -2.01. The monoisotopic (exact) mass is 873 g/mol. The third-order valence-electron chi connectivity index (χ3n) is 7.55. The van der Waals surface area contributed by atoms with Crippen LogP contribution in [0.3, 0.4) is 0 Å². The maximum Gasteiger partial charge on any atom is 0.134 e. The van der Waals surface area contributed by atoms with Crippen molar-refractivity contribution in [2.45, 2.75) is 39.5 Å². The van der Waals surface area contributed by atoms with Crippen LogP contribution < -0.4 is 14.2 Å². The zero-order valence-corrected chi connectivity index (χ0v) is 31.8. The fourth-order valence-corrected chi connectivity index (χ4v) is 5.84. The highest BCUT2D eigenvalue weighted by Gasteiger charge is 2.11. The van der Waals surface area contributed by atoms with E-state index in [1.165, 1.54) is 0 Å². The quantitative estimate of drug-likeness (QED) is 0.102. The second-order valence-corrected chi connectivity index (χ2v) is 14.4. The molecule has 0 spiro atoms. The molecule has 0 unspecified atom stereocenters. The van der Waals surface area contributed by atoms with Gasteiger partial charge in [0, 0.05) is 31.6 Å². The number of hydrogen-bond acceptors (Lipinski definition) is 9. The van der Waals surface area contributed by atoms with E-state index in [9.17, 15) is 0 Å². The fourth-order valence-electron chi connectivity index (χ4n) is 5.04. The molecule has 3 heterocycles. The standard InChI is InChI=1S/C36H30Br3N9O3/c37-28-7-1-25(2-8-28)16-46-19-31(40-43-46)22-49-34-13-35(50-23-32-20-47(44-41-32)17-26-3-9-29(38)10-4-26)15-36(14-34)51-24-33-21-48(45-42-33)18-27-5-11-30(39)12-6-27/h1-15,19-21H,16-18,22-24H2. The highest BCUT2D eigenvalue weighted by molar-refractivity contribution is 9.11. The van der Waals surface area contributed by atoms with Gasteiger partial charge in [0.25, 0.3) is 0 Å². The molecule has 0 saturated heterocycles. The molecule has 0 atom stereocenters. The predicted octanol–water partition coefficient (Wildman–Crippen LogP) is 7.63. The van der Waals surface area contributed by atoms with Gasteiger partial charge in [-0.25, -0.2) is 14.0 Å². The highest BCUT2D eigenvalue weighted by Crippen LogP contribution is 2.29. The summed E-state index contributed by atoms with van der Waals surface area (Å²) in [4.78, 5) is 0. The first-order valence-corrected chi connectivity index (χ1v) is 18.2. The Bertz CT molecular complexity index is 1930. The third-order valence-corrected chi connectivity index (χ3v) is 9.13. The lowest BCUT2D eigenvalue weighted by Gasteiger charge is -2.12. The Balaban J connectivity index is 1.01. The first kappa shape index (κ1) is 34.6. The van der Waals surface area contributed by atoms with Crippen molar-refractivity contribution in [1.82, 2.24) is 45.0 Å². The Kier molecular flexibility index (Phi) is 11.1. The van der Waals surface area contributed by atoms with Crippen LogP contribution in [0, 0.1) is 0 Å². The third kappa shape index (κ3) is 10.1. The van der Waals surface area contributed by atoms with Crippen molar-refractivity contribution in [3.05, 3.63) is 157 Å². The van der Waals surface area contributed by atoms with E-state index in [4.69, 9.17) is 14.2 Å². The summed E-state index contributed by atoms with van der Waals surface area (Å²) in [5, 5.41) is 25.7. The molecule has 0 N–H and O–H groups in total. The Hall–Kier alpha value is -4.86. The van der Waals surface area contributed by atoms with E-state index in [-0.39, 0.29) is 19.8 Å². The Morgan fingerprint density at radius 3 is 0.961 bits per heavy atom. The molecule has 4 aromatic carbocycles. The van der Waals surface area contributed by atoms with Crippen LogP contribution >= 0.6 is 47.8 Å². The maximum absolute atomic E-state index is 6.16. The second kappa shape index (κ2) is 16.4. The summed E-state index contributed by atoms with van der Waals surface area (Å²) in [7, 11) is 0. The summed E-state index contributed by atoms with van der Waals surface area (Å²) >= 11 is 10.4. The van der Waals surface area contributed by atoms with Crippen LogP contribution in [0.4, 0.5) is 0 Å². The Morgan fingerprint density at radius 1 is 0.412 bits per heavy atom. The van der Waals surface area contributed by atoms with Crippen molar-refractivity contribution in [2.24, 2.45) is 0 Å². The van der Waals surface area contributed by atoms with Crippen LogP contribution in [0.1, 0.15) is 33.8 Å². The molecule has 51 heavy (non-hydrogen) atoms. The molecule has 258 valence electrons. The van der Waals surface area contributed by atoms with Gasteiger partial charge in [-0.1, -0.05) is 99.8 Å². The largest absolute Gasteiger partial charge is 0.487 e. The molecule has 3 aromatic heterocycles. The zero-order valence-electron chi connectivity index (χ0n) is 27.0. The van der Waals surface area contributed by atoms with E-state index in [1.54, 1.807) is 32.2 Å². The SMILES string of the molecule is Brc1ccc(Cn2cc(COc3cc(OCc4cn(Cc5ccc(Br)cc5)nn4)cc(OCc4cn(Cc5ccc(Br)cc5)nn4)c3)nn2)cc1. The van der Waals surface area contributed by atoms with Crippen molar-refractivity contribution in [3.63, 3.8) is 0 Å². The summed E-state index contributed by atoms with van der Waals surface area (Å²) in [6, 6.07) is 29.7. The highest BCUT2D eigenvalue weighted by atomic mass is 79.9. The van der Waals surface area contributed by atoms with Crippen LogP contribution in [0.5, 0.6) is 17.2 Å². The van der Waals surface area contributed by atoms with E-state index in [0.717, 1.165) is 30.1 Å². The average Bonchev–Trinajstić information content (AvgIpc) is 3.90. The van der Waals surface area contributed by atoms with Gasteiger partial charge < -0.3 is 14.2 Å². The molecule has 7 aromatic rings. The van der Waals surface area contributed by atoms with E-state index in [2.05, 4.69) is 78.7 Å². The number of halogens is 3. The van der Waals surface area contributed by atoms with Crippen LogP contribution in [-0.2, 0) is 39.5 Å². The van der Waals surface area contributed by atoms with Gasteiger partial charge in [-0.2, -0.15) is 0 Å². The van der Waals surface area contributed by atoms with Crippen LogP contribution in [0.2, 0.25) is 0 Å². The number of ether oxygens (including phenoxy) is 3. The first-order valence-electron chi connectivity index (χ1n) is 15.8. The summed E-state index contributed by atoms with van der Waals surface area (Å²) in [5.74, 6) is 1.63. The van der Waals surface area contributed by atoms with Crippen molar-refractivity contribution in [1.29, 1.82) is 0 Å². The molecular weight excluding hydrogens is 846 g/mol. The van der Waals surface area contributed by atoms with E-state index in [0.29, 0.717) is 54.0 Å². The fraction of sp³-hybridized carbons (Fsp3) is 0.167. The lowest BCUT2D eigenvalue weighted by molar-refractivity contribution is 0.270. The Morgan fingerprint density at radius 2 is 0.686 bits per heavy atom. The smallest absolute Gasteiger partial charge is 0.134 e. The first-order chi connectivity index (χ1) is 24.9. The molecule has 7 rings (SSSR count). The molecule has 15 heteroatoms. The zero-order chi connectivity index (χ0) is 35.0. The number of rotatable bonds is 15. The van der Waals surface area contributed by atoms with Gasteiger partial charge in [0.2, 0.25) is 0 Å². The van der Waals surface area contributed by atoms with E-state index in [1.807, 2.05) is 91.4 Å². The van der Waals surface area contributed by atoms with E-state index < -0.39 is 0 Å². The normalized spacial score (nSPS) is 11.1. The van der Waals surface area contributed by atoms with Gasteiger partial charge in [0.1, 0.15) is 54.2 Å². The molecule has 0 aliphatic carbocycles. The average molecular weight is 876 g/mol. The summed E-state index contributed by atoms with van der Waals surface area (Å²) in [6.45, 7) is 2.42. The van der Waals surface area contributed by atoms with Crippen LogP contribution in [0.15, 0.2) is 123 Å². The minimum Gasteiger partial charge on any atom is -0.487 e. The van der Waals surface area contributed by atoms with Crippen LogP contribution in [-0.4, -0.2) is 45.0 Å². The van der Waals surface area contributed by atoms with Gasteiger partial charge >= 0.3 is 0 Å². The van der Waals surface area contributed by atoms with Gasteiger partial charge in [0.05, 0.1) is 38.2 Å². The van der Waals surface area contributed by atoms with Crippen LogP contribution in [0.25, 0.3) is 0 Å². The van der Waals surface area contributed by atoms with Crippen molar-refractivity contribution >= 4 is 47.8 Å².